The van der Waals surface area contributed by atoms with Crippen molar-refractivity contribution in [1.29, 1.82) is 0 Å². The number of likely N-dealkylation sites (tertiary alicyclic amines) is 1. The molecule has 2 heterocycles. The van der Waals surface area contributed by atoms with E-state index in [9.17, 15) is 26.4 Å². The normalized spacial score (nSPS) is 15.2. The molecule has 1 aromatic heterocycles. The van der Waals surface area contributed by atoms with E-state index in [4.69, 9.17) is 0 Å². The fourth-order valence-electron chi connectivity index (χ4n) is 2.95. The lowest BCUT2D eigenvalue weighted by atomic mass is 10.1. The van der Waals surface area contributed by atoms with Gasteiger partial charge in [0.05, 0.1) is 5.56 Å². The number of hydrogen-bond acceptors (Lipinski definition) is 3. The molecule has 27 heavy (non-hydrogen) atoms. The van der Waals surface area contributed by atoms with Gasteiger partial charge >= 0.3 is 6.18 Å². The second kappa shape index (κ2) is 6.91. The van der Waals surface area contributed by atoms with Crippen LogP contribution >= 0.6 is 0 Å². The Morgan fingerprint density at radius 3 is 2.48 bits per heavy atom. The largest absolute Gasteiger partial charge is 0.416 e. The van der Waals surface area contributed by atoms with Crippen LogP contribution in [0.25, 0.3) is 0 Å². The van der Waals surface area contributed by atoms with Crippen molar-refractivity contribution in [2.45, 2.75) is 30.8 Å². The SMILES string of the molecule is Cc1ccc(NS(=O)(=O)c2c[nH]c(C(=O)N3CCCC3)c2)cc1C(F)(F)F. The number of nitrogens with zero attached hydrogens (tertiary/aromatic N) is 1. The lowest BCUT2D eigenvalue weighted by Crippen LogP contribution is -2.27. The van der Waals surface area contributed by atoms with Crippen molar-refractivity contribution in [3.8, 4) is 0 Å². The van der Waals surface area contributed by atoms with Crippen molar-refractivity contribution in [2.24, 2.45) is 0 Å². The molecule has 6 nitrogen and oxygen atoms in total. The molecule has 0 saturated carbocycles. The van der Waals surface area contributed by atoms with Crippen molar-refractivity contribution in [1.82, 2.24) is 9.88 Å². The van der Waals surface area contributed by atoms with Gasteiger partial charge in [0.25, 0.3) is 15.9 Å². The first-order valence-electron chi connectivity index (χ1n) is 8.26. The highest BCUT2D eigenvalue weighted by atomic mass is 32.2. The molecule has 0 aliphatic carbocycles. The third-order valence-electron chi connectivity index (χ3n) is 4.39. The van der Waals surface area contributed by atoms with Crippen LogP contribution in [0.15, 0.2) is 35.4 Å². The second-order valence-electron chi connectivity index (χ2n) is 6.38. The first-order valence-corrected chi connectivity index (χ1v) is 9.74. The van der Waals surface area contributed by atoms with Crippen LogP contribution < -0.4 is 4.72 Å². The van der Waals surface area contributed by atoms with Crippen molar-refractivity contribution in [3.63, 3.8) is 0 Å². The van der Waals surface area contributed by atoms with Gasteiger partial charge in [0.1, 0.15) is 10.6 Å². The molecular weight excluding hydrogens is 383 g/mol. The molecule has 10 heteroatoms. The molecule has 1 amide bonds. The van der Waals surface area contributed by atoms with Gasteiger partial charge in [-0.05, 0) is 43.5 Å². The van der Waals surface area contributed by atoms with E-state index in [0.29, 0.717) is 13.1 Å². The number of hydrogen-bond donors (Lipinski definition) is 2. The van der Waals surface area contributed by atoms with Gasteiger partial charge in [0, 0.05) is 25.0 Å². The van der Waals surface area contributed by atoms with E-state index in [-0.39, 0.29) is 27.7 Å². The van der Waals surface area contributed by atoms with E-state index in [1.807, 2.05) is 0 Å². The second-order valence-corrected chi connectivity index (χ2v) is 8.06. The van der Waals surface area contributed by atoms with Crippen LogP contribution in [0.5, 0.6) is 0 Å². The maximum absolute atomic E-state index is 13.0. The summed E-state index contributed by atoms with van der Waals surface area (Å²) in [6, 6.07) is 4.38. The molecule has 1 aliphatic rings. The first kappa shape index (κ1) is 19.3. The summed E-state index contributed by atoms with van der Waals surface area (Å²) in [7, 11) is -4.14. The van der Waals surface area contributed by atoms with Gasteiger partial charge in [-0.15, -0.1) is 0 Å². The lowest BCUT2D eigenvalue weighted by Gasteiger charge is -2.13. The Labute approximate surface area is 154 Å². The zero-order valence-electron chi connectivity index (χ0n) is 14.4. The highest BCUT2D eigenvalue weighted by Crippen LogP contribution is 2.34. The molecular formula is C17H18F3N3O3S. The van der Waals surface area contributed by atoms with E-state index in [2.05, 4.69) is 9.71 Å². The van der Waals surface area contributed by atoms with Gasteiger partial charge in [-0.3, -0.25) is 9.52 Å². The zero-order chi connectivity index (χ0) is 19.8. The molecule has 0 unspecified atom stereocenters. The quantitative estimate of drug-likeness (QED) is 0.824. The molecule has 0 spiro atoms. The number of aromatic nitrogens is 1. The summed E-state index contributed by atoms with van der Waals surface area (Å²) < 4.78 is 66.1. The monoisotopic (exact) mass is 401 g/mol. The topological polar surface area (TPSA) is 82.3 Å². The van der Waals surface area contributed by atoms with Gasteiger partial charge in [-0.2, -0.15) is 13.2 Å². The molecule has 3 rings (SSSR count). The van der Waals surface area contributed by atoms with E-state index in [1.165, 1.54) is 25.1 Å². The number of nitrogens with one attached hydrogen (secondary N) is 2. The summed E-state index contributed by atoms with van der Waals surface area (Å²) in [5, 5.41) is 0. The van der Waals surface area contributed by atoms with Crippen molar-refractivity contribution in [3.05, 3.63) is 47.3 Å². The number of aryl methyl sites for hydroxylation is 1. The Morgan fingerprint density at radius 2 is 1.85 bits per heavy atom. The molecule has 1 aliphatic heterocycles. The van der Waals surface area contributed by atoms with Gasteiger partial charge in [0.15, 0.2) is 0 Å². The lowest BCUT2D eigenvalue weighted by molar-refractivity contribution is -0.138. The summed E-state index contributed by atoms with van der Waals surface area (Å²) in [5.41, 5.74) is -1.01. The number of anilines is 1. The van der Waals surface area contributed by atoms with Crippen LogP contribution in [-0.4, -0.2) is 37.3 Å². The van der Waals surface area contributed by atoms with E-state index in [0.717, 1.165) is 25.1 Å². The third-order valence-corrected chi connectivity index (χ3v) is 5.75. The van der Waals surface area contributed by atoms with Gasteiger partial charge in [-0.1, -0.05) is 6.07 Å². The summed E-state index contributed by atoms with van der Waals surface area (Å²) >= 11 is 0. The number of carbonyl (C=O) groups excluding carboxylic acids is 1. The number of rotatable bonds is 4. The minimum absolute atomic E-state index is 0.00871. The van der Waals surface area contributed by atoms with Crippen LogP contribution in [-0.2, 0) is 16.2 Å². The molecule has 146 valence electrons. The number of halogens is 3. The summed E-state index contributed by atoms with van der Waals surface area (Å²) in [5.74, 6) is -0.302. The standard InChI is InChI=1S/C17H18F3N3O3S/c1-11-4-5-12(8-14(11)17(18,19)20)22-27(25,26)13-9-15(21-10-13)16(24)23-6-2-3-7-23/h4-5,8-10,21-22H,2-3,6-7H2,1H3. The Kier molecular flexibility index (Phi) is 4.94. The van der Waals surface area contributed by atoms with Crippen LogP contribution in [0.2, 0.25) is 0 Å². The molecule has 1 fully saturated rings. The Balaban J connectivity index is 1.82. The summed E-state index contributed by atoms with van der Waals surface area (Å²) in [4.78, 5) is 16.3. The van der Waals surface area contributed by atoms with E-state index in [1.54, 1.807) is 4.90 Å². The molecule has 2 N–H and O–H groups in total. The van der Waals surface area contributed by atoms with Crippen LogP contribution in [0.3, 0.4) is 0 Å². The number of carbonyl (C=O) groups is 1. The van der Waals surface area contributed by atoms with E-state index < -0.39 is 21.8 Å². The minimum Gasteiger partial charge on any atom is -0.356 e. The molecule has 1 saturated heterocycles. The summed E-state index contributed by atoms with van der Waals surface area (Å²) in [6.45, 7) is 2.52. The zero-order valence-corrected chi connectivity index (χ0v) is 15.2. The fourth-order valence-corrected chi connectivity index (χ4v) is 3.99. The maximum atomic E-state index is 13.0. The highest BCUT2D eigenvalue weighted by Gasteiger charge is 2.33. The number of aromatic amines is 1. The van der Waals surface area contributed by atoms with Crippen molar-refractivity contribution >= 4 is 21.6 Å². The van der Waals surface area contributed by atoms with Crippen molar-refractivity contribution < 1.29 is 26.4 Å². The van der Waals surface area contributed by atoms with Crippen molar-refractivity contribution in [2.75, 3.05) is 17.8 Å². The number of amides is 1. The van der Waals surface area contributed by atoms with E-state index >= 15 is 0 Å². The van der Waals surface area contributed by atoms with Crippen LogP contribution in [0, 0.1) is 6.92 Å². The number of H-pyrrole nitrogens is 1. The van der Waals surface area contributed by atoms with Gasteiger partial charge < -0.3 is 9.88 Å². The predicted molar refractivity (Wildman–Crippen MR) is 92.9 cm³/mol. The molecule has 2 aromatic rings. The Hall–Kier alpha value is -2.49. The molecule has 0 radical (unpaired) electrons. The Bertz CT molecular complexity index is 961. The smallest absolute Gasteiger partial charge is 0.356 e. The molecule has 1 aromatic carbocycles. The fraction of sp³-hybridized carbons (Fsp3) is 0.353. The molecule has 0 atom stereocenters. The predicted octanol–water partition coefficient (Wildman–Crippen LogP) is 3.38. The third kappa shape index (κ3) is 4.10. The number of sulfonamides is 1. The van der Waals surface area contributed by atoms with Gasteiger partial charge in [-0.25, -0.2) is 8.42 Å². The number of benzene rings is 1. The van der Waals surface area contributed by atoms with Crippen LogP contribution in [0.1, 0.15) is 34.5 Å². The first-order chi connectivity index (χ1) is 12.6. The average molecular weight is 401 g/mol. The highest BCUT2D eigenvalue weighted by molar-refractivity contribution is 7.92. The molecule has 0 bridgehead atoms. The van der Waals surface area contributed by atoms with Crippen LogP contribution in [0.4, 0.5) is 18.9 Å². The van der Waals surface area contributed by atoms with Gasteiger partial charge in [0.2, 0.25) is 0 Å². The number of alkyl halides is 3. The average Bonchev–Trinajstić information content (AvgIpc) is 3.27. The minimum atomic E-state index is -4.59. The summed E-state index contributed by atoms with van der Waals surface area (Å²) in [6.07, 6.45) is -1.65. The maximum Gasteiger partial charge on any atom is 0.416 e. The Morgan fingerprint density at radius 1 is 1.19 bits per heavy atom.